The van der Waals surface area contributed by atoms with E-state index < -0.39 is 0 Å². The standard InChI is InChI=1S/C20H27N3O2S/c1-15(2)12-21-19(24)11-18-14-26-20(22-18)17-5-3-16(4-6-17)13-23-7-9-25-10-8-23/h3-6,14-15H,7-13H2,1-2H3,(H,21,24). The van der Waals surface area contributed by atoms with Gasteiger partial charge in [0, 0.05) is 37.1 Å². The Morgan fingerprint density at radius 2 is 2.00 bits per heavy atom. The summed E-state index contributed by atoms with van der Waals surface area (Å²) in [5, 5.41) is 5.88. The van der Waals surface area contributed by atoms with E-state index in [1.54, 1.807) is 11.3 Å². The van der Waals surface area contributed by atoms with Crippen LogP contribution in [0.2, 0.25) is 0 Å². The minimum Gasteiger partial charge on any atom is -0.379 e. The smallest absolute Gasteiger partial charge is 0.226 e. The van der Waals surface area contributed by atoms with E-state index in [4.69, 9.17) is 4.74 Å². The zero-order valence-corrected chi connectivity index (χ0v) is 16.3. The molecular weight excluding hydrogens is 346 g/mol. The molecular formula is C20H27N3O2S. The van der Waals surface area contributed by atoms with Gasteiger partial charge in [0.15, 0.2) is 0 Å². The number of hydrogen-bond acceptors (Lipinski definition) is 5. The molecule has 1 N–H and O–H groups in total. The molecule has 3 rings (SSSR count). The van der Waals surface area contributed by atoms with Gasteiger partial charge in [0.2, 0.25) is 5.91 Å². The maximum absolute atomic E-state index is 11.9. The van der Waals surface area contributed by atoms with Crippen molar-refractivity contribution in [3.63, 3.8) is 0 Å². The second-order valence-electron chi connectivity index (χ2n) is 7.10. The van der Waals surface area contributed by atoms with E-state index in [2.05, 4.69) is 53.3 Å². The van der Waals surface area contributed by atoms with Crippen LogP contribution >= 0.6 is 11.3 Å². The minimum atomic E-state index is 0.0383. The van der Waals surface area contributed by atoms with Crippen LogP contribution in [0.5, 0.6) is 0 Å². The van der Waals surface area contributed by atoms with Gasteiger partial charge in [-0.15, -0.1) is 11.3 Å². The van der Waals surface area contributed by atoms with E-state index in [9.17, 15) is 4.79 Å². The molecule has 2 aromatic rings. The van der Waals surface area contributed by atoms with E-state index in [0.717, 1.165) is 49.1 Å². The first kappa shape index (κ1) is 19.0. The van der Waals surface area contributed by atoms with Crippen LogP contribution in [-0.4, -0.2) is 48.6 Å². The molecule has 1 aromatic heterocycles. The highest BCUT2D eigenvalue weighted by Gasteiger charge is 2.12. The molecule has 1 amide bonds. The molecule has 5 nitrogen and oxygen atoms in total. The van der Waals surface area contributed by atoms with Crippen LogP contribution in [0.3, 0.4) is 0 Å². The number of nitrogens with zero attached hydrogens (tertiary/aromatic N) is 2. The van der Waals surface area contributed by atoms with Gasteiger partial charge in [-0.1, -0.05) is 38.1 Å². The predicted molar refractivity (Wildman–Crippen MR) is 105 cm³/mol. The van der Waals surface area contributed by atoms with Crippen molar-refractivity contribution in [1.29, 1.82) is 0 Å². The number of aromatic nitrogens is 1. The van der Waals surface area contributed by atoms with Crippen LogP contribution in [0.15, 0.2) is 29.6 Å². The van der Waals surface area contributed by atoms with E-state index in [-0.39, 0.29) is 5.91 Å². The molecule has 0 saturated carbocycles. The molecule has 6 heteroatoms. The van der Waals surface area contributed by atoms with Crippen molar-refractivity contribution in [2.45, 2.75) is 26.8 Å². The molecule has 0 radical (unpaired) electrons. The second-order valence-corrected chi connectivity index (χ2v) is 7.96. The highest BCUT2D eigenvalue weighted by Crippen LogP contribution is 2.24. The SMILES string of the molecule is CC(C)CNC(=O)Cc1csc(-c2ccc(CN3CCOCC3)cc2)n1. The number of benzene rings is 1. The summed E-state index contributed by atoms with van der Waals surface area (Å²) >= 11 is 1.59. The summed E-state index contributed by atoms with van der Waals surface area (Å²) in [5.74, 6) is 0.498. The fraction of sp³-hybridized carbons (Fsp3) is 0.500. The van der Waals surface area contributed by atoms with Crippen molar-refractivity contribution in [2.75, 3.05) is 32.8 Å². The fourth-order valence-electron chi connectivity index (χ4n) is 2.84. The van der Waals surface area contributed by atoms with E-state index in [0.29, 0.717) is 18.9 Å². The first-order chi connectivity index (χ1) is 12.6. The molecule has 140 valence electrons. The van der Waals surface area contributed by atoms with Crippen molar-refractivity contribution in [2.24, 2.45) is 5.92 Å². The molecule has 0 aliphatic carbocycles. The maximum atomic E-state index is 11.9. The Balaban J connectivity index is 1.55. The monoisotopic (exact) mass is 373 g/mol. The summed E-state index contributed by atoms with van der Waals surface area (Å²) < 4.78 is 5.39. The molecule has 2 heterocycles. The fourth-order valence-corrected chi connectivity index (χ4v) is 3.66. The highest BCUT2D eigenvalue weighted by atomic mass is 32.1. The largest absolute Gasteiger partial charge is 0.379 e. The number of nitrogens with one attached hydrogen (secondary N) is 1. The third kappa shape index (κ3) is 5.62. The first-order valence-corrected chi connectivity index (χ1v) is 10.1. The van der Waals surface area contributed by atoms with Gasteiger partial charge in [0.1, 0.15) is 5.01 Å². The summed E-state index contributed by atoms with van der Waals surface area (Å²) in [6, 6.07) is 8.58. The average Bonchev–Trinajstić information content (AvgIpc) is 3.10. The van der Waals surface area contributed by atoms with Gasteiger partial charge < -0.3 is 10.1 Å². The molecule has 0 atom stereocenters. The van der Waals surface area contributed by atoms with Gasteiger partial charge >= 0.3 is 0 Å². The number of amides is 1. The van der Waals surface area contributed by atoms with Crippen LogP contribution in [0.4, 0.5) is 0 Å². The molecule has 1 aromatic carbocycles. The molecule has 1 aliphatic rings. The Morgan fingerprint density at radius 1 is 1.27 bits per heavy atom. The van der Waals surface area contributed by atoms with Gasteiger partial charge in [0.25, 0.3) is 0 Å². The summed E-state index contributed by atoms with van der Waals surface area (Å²) in [5.41, 5.74) is 3.25. The number of hydrogen-bond donors (Lipinski definition) is 1. The third-order valence-electron chi connectivity index (χ3n) is 4.31. The van der Waals surface area contributed by atoms with Crippen molar-refractivity contribution in [3.8, 4) is 10.6 Å². The van der Waals surface area contributed by atoms with Crippen molar-refractivity contribution in [3.05, 3.63) is 40.9 Å². The molecule has 26 heavy (non-hydrogen) atoms. The topological polar surface area (TPSA) is 54.5 Å². The van der Waals surface area contributed by atoms with Crippen LogP contribution in [0, 0.1) is 5.92 Å². The van der Waals surface area contributed by atoms with Crippen LogP contribution in [0.25, 0.3) is 10.6 Å². The predicted octanol–water partition coefficient (Wildman–Crippen LogP) is 2.96. The zero-order chi connectivity index (χ0) is 18.4. The molecule has 0 spiro atoms. The number of carbonyl (C=O) groups excluding carboxylic acids is 1. The summed E-state index contributed by atoms with van der Waals surface area (Å²) in [6.07, 6.45) is 0.346. The maximum Gasteiger partial charge on any atom is 0.226 e. The molecule has 0 bridgehead atoms. The van der Waals surface area contributed by atoms with Gasteiger partial charge in [-0.05, 0) is 11.5 Å². The molecule has 1 fully saturated rings. The first-order valence-electron chi connectivity index (χ1n) is 9.20. The minimum absolute atomic E-state index is 0.0383. The summed E-state index contributed by atoms with van der Waals surface area (Å²) in [4.78, 5) is 19.0. The Hall–Kier alpha value is -1.76. The molecule has 1 saturated heterocycles. The quantitative estimate of drug-likeness (QED) is 0.811. The average molecular weight is 374 g/mol. The van der Waals surface area contributed by atoms with Gasteiger partial charge in [-0.2, -0.15) is 0 Å². The molecule has 0 unspecified atom stereocenters. The van der Waals surface area contributed by atoms with Crippen molar-refractivity contribution in [1.82, 2.24) is 15.2 Å². The Labute approximate surface area is 159 Å². The lowest BCUT2D eigenvalue weighted by Gasteiger charge is -2.26. The lowest BCUT2D eigenvalue weighted by atomic mass is 10.1. The van der Waals surface area contributed by atoms with Gasteiger partial charge in [-0.25, -0.2) is 4.98 Å². The van der Waals surface area contributed by atoms with E-state index >= 15 is 0 Å². The zero-order valence-electron chi connectivity index (χ0n) is 15.5. The van der Waals surface area contributed by atoms with Crippen LogP contribution in [-0.2, 0) is 22.5 Å². The molecule has 1 aliphatic heterocycles. The summed E-state index contributed by atoms with van der Waals surface area (Å²) in [6.45, 7) is 9.49. The normalized spacial score (nSPS) is 15.3. The third-order valence-corrected chi connectivity index (χ3v) is 5.25. The summed E-state index contributed by atoms with van der Waals surface area (Å²) in [7, 11) is 0. The second kappa shape index (κ2) is 9.26. The van der Waals surface area contributed by atoms with Gasteiger partial charge in [0.05, 0.1) is 25.3 Å². The lowest BCUT2D eigenvalue weighted by Crippen LogP contribution is -2.35. The van der Waals surface area contributed by atoms with Gasteiger partial charge in [-0.3, -0.25) is 9.69 Å². The van der Waals surface area contributed by atoms with Crippen LogP contribution in [0.1, 0.15) is 25.1 Å². The Kier molecular flexibility index (Phi) is 6.77. The number of morpholine rings is 1. The number of rotatable bonds is 7. The van der Waals surface area contributed by atoms with E-state index in [1.165, 1.54) is 5.56 Å². The number of carbonyl (C=O) groups is 1. The highest BCUT2D eigenvalue weighted by molar-refractivity contribution is 7.13. The van der Waals surface area contributed by atoms with Crippen LogP contribution < -0.4 is 5.32 Å². The van der Waals surface area contributed by atoms with Crippen molar-refractivity contribution >= 4 is 17.2 Å². The number of thiazole rings is 1. The Bertz CT molecular complexity index is 706. The Morgan fingerprint density at radius 3 is 2.69 bits per heavy atom. The van der Waals surface area contributed by atoms with E-state index in [1.807, 2.05) is 5.38 Å². The number of ether oxygens (including phenoxy) is 1. The lowest BCUT2D eigenvalue weighted by molar-refractivity contribution is -0.120. The van der Waals surface area contributed by atoms with Crippen molar-refractivity contribution < 1.29 is 9.53 Å².